The molecule has 2 heterocycles. The van der Waals surface area contributed by atoms with Gasteiger partial charge in [0, 0.05) is 24.5 Å². The van der Waals surface area contributed by atoms with E-state index in [1.54, 1.807) is 6.07 Å². The zero-order valence-electron chi connectivity index (χ0n) is 15.2. The van der Waals surface area contributed by atoms with Crippen LogP contribution in [-0.2, 0) is 6.54 Å². The number of ether oxygens (including phenoxy) is 2. The van der Waals surface area contributed by atoms with E-state index in [0.717, 1.165) is 33.2 Å². The van der Waals surface area contributed by atoms with Gasteiger partial charge >= 0.3 is 5.63 Å². The van der Waals surface area contributed by atoms with E-state index < -0.39 is 0 Å². The Balaban J connectivity index is 1.38. The van der Waals surface area contributed by atoms with E-state index in [9.17, 15) is 4.79 Å². The molecule has 0 fully saturated rings. The molecule has 0 unspecified atom stereocenters. The lowest BCUT2D eigenvalue weighted by molar-refractivity contribution is 0.0902. The first kappa shape index (κ1) is 16.8. The van der Waals surface area contributed by atoms with Crippen LogP contribution in [0.1, 0.15) is 5.56 Å². The van der Waals surface area contributed by atoms with Crippen molar-refractivity contribution in [1.29, 1.82) is 0 Å². The van der Waals surface area contributed by atoms with Crippen molar-refractivity contribution in [2.45, 2.75) is 12.6 Å². The molecular weight excluding hydrogens is 354 g/mol. The average Bonchev–Trinajstić information content (AvgIpc) is 2.73. The highest BCUT2D eigenvalue weighted by molar-refractivity contribution is 6.07. The number of benzene rings is 3. The number of hydrogen-bond donors (Lipinski definition) is 1. The summed E-state index contributed by atoms with van der Waals surface area (Å²) in [5.74, 6) is 1.54. The number of hydrogen-bond acceptors (Lipinski definition) is 5. The topological polar surface area (TPSA) is 60.7 Å². The monoisotopic (exact) mass is 373 g/mol. The largest absolute Gasteiger partial charge is 0.486 e. The summed E-state index contributed by atoms with van der Waals surface area (Å²) in [5, 5.41) is 6.56. The average molecular weight is 373 g/mol. The fraction of sp³-hybridized carbons (Fsp3) is 0.174. The Labute approximate surface area is 161 Å². The molecule has 1 N–H and O–H groups in total. The van der Waals surface area contributed by atoms with Crippen LogP contribution >= 0.6 is 0 Å². The second-order valence-corrected chi connectivity index (χ2v) is 6.88. The molecule has 3 aromatic carbocycles. The summed E-state index contributed by atoms with van der Waals surface area (Å²) in [7, 11) is 0. The minimum atomic E-state index is -0.342. The standard InChI is InChI=1S/C23H19NO4/c25-22-11-16(23-18-6-2-1-5-15(18)9-10-21(23)28-22)12-24-13-17-14-26-19-7-3-4-8-20(19)27-17/h1-11,17,24H,12-14H2/t17-/m0/s1. The Morgan fingerprint density at radius 3 is 2.71 bits per heavy atom. The molecule has 1 atom stereocenters. The molecule has 140 valence electrons. The molecule has 5 nitrogen and oxygen atoms in total. The fourth-order valence-corrected chi connectivity index (χ4v) is 3.69. The highest BCUT2D eigenvalue weighted by Crippen LogP contribution is 2.31. The van der Waals surface area contributed by atoms with Gasteiger partial charge in [0.2, 0.25) is 0 Å². The van der Waals surface area contributed by atoms with E-state index in [2.05, 4.69) is 17.4 Å². The summed E-state index contributed by atoms with van der Waals surface area (Å²) in [6, 6.07) is 21.2. The first-order chi connectivity index (χ1) is 13.8. The Kier molecular flexibility index (Phi) is 4.22. The second kappa shape index (κ2) is 7.02. The van der Waals surface area contributed by atoms with Crippen LogP contribution < -0.4 is 20.4 Å². The van der Waals surface area contributed by atoms with E-state index in [1.165, 1.54) is 0 Å². The fourth-order valence-electron chi connectivity index (χ4n) is 3.69. The zero-order valence-corrected chi connectivity index (χ0v) is 15.2. The SMILES string of the molecule is O=c1cc(CNC[C@H]2COc3ccccc3O2)c2c(ccc3ccccc32)o1. The molecule has 28 heavy (non-hydrogen) atoms. The third kappa shape index (κ3) is 3.10. The molecule has 5 heteroatoms. The van der Waals surface area contributed by atoms with Gasteiger partial charge in [0.25, 0.3) is 0 Å². The highest BCUT2D eigenvalue weighted by Gasteiger charge is 2.20. The van der Waals surface area contributed by atoms with Crippen LogP contribution in [0.3, 0.4) is 0 Å². The van der Waals surface area contributed by atoms with Crippen LogP contribution in [0, 0.1) is 0 Å². The lowest BCUT2D eigenvalue weighted by Crippen LogP contribution is -2.38. The third-order valence-electron chi connectivity index (χ3n) is 4.97. The normalized spacial score (nSPS) is 15.8. The maximum atomic E-state index is 12.0. The lowest BCUT2D eigenvalue weighted by atomic mass is 10.0. The smallest absolute Gasteiger partial charge is 0.336 e. The molecule has 0 saturated heterocycles. The maximum absolute atomic E-state index is 12.0. The molecule has 0 radical (unpaired) electrons. The maximum Gasteiger partial charge on any atom is 0.336 e. The van der Waals surface area contributed by atoms with E-state index in [-0.39, 0.29) is 11.7 Å². The molecule has 0 bridgehead atoms. The van der Waals surface area contributed by atoms with Gasteiger partial charge in [0.1, 0.15) is 18.3 Å². The van der Waals surface area contributed by atoms with Crippen LogP contribution in [0.25, 0.3) is 21.7 Å². The number of nitrogens with one attached hydrogen (secondary N) is 1. The number of fused-ring (bicyclic) bond motifs is 4. The Bertz CT molecular complexity index is 1210. The Morgan fingerprint density at radius 2 is 1.79 bits per heavy atom. The highest BCUT2D eigenvalue weighted by atomic mass is 16.6. The van der Waals surface area contributed by atoms with Gasteiger partial charge in [-0.1, -0.05) is 42.5 Å². The predicted molar refractivity (Wildman–Crippen MR) is 108 cm³/mol. The molecule has 0 saturated carbocycles. The van der Waals surface area contributed by atoms with Crippen molar-refractivity contribution in [2.24, 2.45) is 0 Å². The van der Waals surface area contributed by atoms with Gasteiger partial charge in [0.15, 0.2) is 11.5 Å². The van der Waals surface area contributed by atoms with E-state index >= 15 is 0 Å². The zero-order chi connectivity index (χ0) is 18.9. The third-order valence-corrected chi connectivity index (χ3v) is 4.97. The van der Waals surface area contributed by atoms with Crippen LogP contribution in [0.2, 0.25) is 0 Å². The predicted octanol–water partition coefficient (Wildman–Crippen LogP) is 3.88. The van der Waals surface area contributed by atoms with Crippen molar-refractivity contribution in [1.82, 2.24) is 5.32 Å². The summed E-state index contributed by atoms with van der Waals surface area (Å²) >= 11 is 0. The van der Waals surface area contributed by atoms with Gasteiger partial charge < -0.3 is 19.2 Å². The summed E-state index contributed by atoms with van der Waals surface area (Å²) in [6.45, 7) is 1.64. The molecule has 0 spiro atoms. The summed E-state index contributed by atoms with van der Waals surface area (Å²) in [4.78, 5) is 12.0. The van der Waals surface area contributed by atoms with Crippen molar-refractivity contribution in [3.63, 3.8) is 0 Å². The van der Waals surface area contributed by atoms with Gasteiger partial charge in [-0.25, -0.2) is 4.79 Å². The van der Waals surface area contributed by atoms with Crippen molar-refractivity contribution >= 4 is 21.7 Å². The van der Waals surface area contributed by atoms with Crippen LogP contribution in [-0.4, -0.2) is 19.3 Å². The molecule has 4 aromatic rings. The quantitative estimate of drug-likeness (QED) is 0.435. The molecule has 1 aliphatic heterocycles. The first-order valence-corrected chi connectivity index (χ1v) is 9.31. The van der Waals surface area contributed by atoms with Crippen molar-refractivity contribution < 1.29 is 13.9 Å². The van der Waals surface area contributed by atoms with Crippen LogP contribution in [0.5, 0.6) is 11.5 Å². The summed E-state index contributed by atoms with van der Waals surface area (Å²) in [6.07, 6.45) is -0.0852. The molecule has 1 aromatic heterocycles. The molecule has 5 rings (SSSR count). The number of rotatable bonds is 4. The lowest BCUT2D eigenvalue weighted by Gasteiger charge is -2.26. The molecule has 1 aliphatic rings. The minimum Gasteiger partial charge on any atom is -0.486 e. The Morgan fingerprint density at radius 1 is 0.964 bits per heavy atom. The van der Waals surface area contributed by atoms with Gasteiger partial charge in [-0.05, 0) is 34.5 Å². The van der Waals surface area contributed by atoms with E-state index in [4.69, 9.17) is 13.9 Å². The van der Waals surface area contributed by atoms with Crippen molar-refractivity contribution in [3.8, 4) is 11.5 Å². The molecule has 0 amide bonds. The number of para-hydroxylation sites is 2. The summed E-state index contributed by atoms with van der Waals surface area (Å²) in [5.41, 5.74) is 1.18. The van der Waals surface area contributed by atoms with Gasteiger partial charge in [0.05, 0.1) is 0 Å². The van der Waals surface area contributed by atoms with Gasteiger partial charge in [-0.15, -0.1) is 0 Å². The van der Waals surface area contributed by atoms with Crippen LogP contribution in [0.15, 0.2) is 75.9 Å². The van der Waals surface area contributed by atoms with Gasteiger partial charge in [-0.3, -0.25) is 0 Å². The van der Waals surface area contributed by atoms with E-state index in [1.807, 2.05) is 48.5 Å². The molecular formula is C23H19NO4. The minimum absolute atomic E-state index is 0.0852. The molecule has 0 aliphatic carbocycles. The van der Waals surface area contributed by atoms with E-state index in [0.29, 0.717) is 25.3 Å². The summed E-state index contributed by atoms with van der Waals surface area (Å²) < 4.78 is 17.2. The van der Waals surface area contributed by atoms with Crippen LogP contribution in [0.4, 0.5) is 0 Å². The van der Waals surface area contributed by atoms with Crippen molar-refractivity contribution in [3.05, 3.63) is 82.7 Å². The first-order valence-electron chi connectivity index (χ1n) is 9.31. The Hall–Kier alpha value is -3.31. The van der Waals surface area contributed by atoms with Gasteiger partial charge in [-0.2, -0.15) is 0 Å². The second-order valence-electron chi connectivity index (χ2n) is 6.88. The van der Waals surface area contributed by atoms with Crippen molar-refractivity contribution in [2.75, 3.05) is 13.2 Å².